The van der Waals surface area contributed by atoms with Gasteiger partial charge in [0.05, 0.1) is 6.61 Å². The van der Waals surface area contributed by atoms with E-state index < -0.39 is 11.8 Å². The first kappa shape index (κ1) is 20.6. The maximum absolute atomic E-state index is 9.88. The number of carboxylic acids is 1. The van der Waals surface area contributed by atoms with Crippen LogP contribution in [0.25, 0.3) is 0 Å². The Kier molecular flexibility index (Phi) is 20.2. The number of carboxylic acid groups (broad SMARTS) is 1. The van der Waals surface area contributed by atoms with Gasteiger partial charge in [-0.05, 0) is 13.0 Å². The molecule has 3 N–H and O–H groups in total. The molecule has 0 aromatic carbocycles. The Morgan fingerprint density at radius 1 is 1.24 bits per heavy atom. The van der Waals surface area contributed by atoms with Crippen LogP contribution in [-0.2, 0) is 14.4 Å². The third-order valence-corrected chi connectivity index (χ3v) is 1.00. The molecule has 0 aromatic heterocycles. The molecule has 0 bridgehead atoms. The molecule has 0 rings (SSSR count). The number of hydrogen-bond acceptors (Lipinski definition) is 5. The van der Waals surface area contributed by atoms with Crippen LogP contribution in [0.3, 0.4) is 0 Å². The zero-order valence-corrected chi connectivity index (χ0v) is 9.97. The summed E-state index contributed by atoms with van der Waals surface area (Å²) in [5, 5.41) is 23.6. The van der Waals surface area contributed by atoms with Gasteiger partial charge in [0.25, 0.3) is 0 Å². The Hall–Kier alpha value is -1.75. The van der Waals surface area contributed by atoms with E-state index in [2.05, 4.69) is 12.3 Å². The van der Waals surface area contributed by atoms with Crippen molar-refractivity contribution < 1.29 is 29.7 Å². The molecule has 0 saturated carbocycles. The van der Waals surface area contributed by atoms with Gasteiger partial charge in [-0.3, -0.25) is 9.59 Å². The monoisotopic (exact) mass is 246 g/mol. The zero-order chi connectivity index (χ0) is 14.3. The van der Waals surface area contributed by atoms with Gasteiger partial charge < -0.3 is 15.3 Å². The number of aliphatic hydroxyl groups excluding tert-OH is 2. The van der Waals surface area contributed by atoms with Gasteiger partial charge >= 0.3 is 5.97 Å². The van der Waals surface area contributed by atoms with Crippen molar-refractivity contribution in [2.45, 2.75) is 20.3 Å². The standard InChI is InChI=1S/C4H8O2.C4H6O.C3H4O3/c1-4(6)2-3-5;1-2-3-4-5;1-2(4)3(5)6/h5H,2-3H2,1H3;3,5H,1,4H2;1H3,(H,5,6). The van der Waals surface area contributed by atoms with Crippen molar-refractivity contribution in [3.63, 3.8) is 0 Å². The van der Waals surface area contributed by atoms with E-state index in [1.165, 1.54) is 13.0 Å². The van der Waals surface area contributed by atoms with Crippen LogP contribution >= 0.6 is 0 Å². The minimum Gasteiger partial charge on any atom is -0.476 e. The molecule has 0 fully saturated rings. The normalized spacial score (nSPS) is 7.29. The molecule has 0 atom stereocenters. The highest BCUT2D eigenvalue weighted by Crippen LogP contribution is 1.74. The average Bonchev–Trinajstić information content (AvgIpc) is 2.20. The van der Waals surface area contributed by atoms with Gasteiger partial charge in [-0.1, -0.05) is 6.58 Å². The smallest absolute Gasteiger partial charge is 0.371 e. The number of aliphatic hydroxyl groups is 2. The SMILES string of the molecule is C=C=CCO.CC(=O)C(=O)O.CC(=O)CCO. The summed E-state index contributed by atoms with van der Waals surface area (Å²) in [5.74, 6) is -2.16. The number of hydrogen-bond donors (Lipinski definition) is 3. The molecule has 0 spiro atoms. The largest absolute Gasteiger partial charge is 0.476 e. The summed E-state index contributed by atoms with van der Waals surface area (Å²) >= 11 is 0. The predicted molar refractivity (Wildman–Crippen MR) is 61.5 cm³/mol. The van der Waals surface area contributed by atoms with Crippen molar-refractivity contribution in [1.29, 1.82) is 0 Å². The van der Waals surface area contributed by atoms with Gasteiger partial charge in [0, 0.05) is 20.0 Å². The maximum atomic E-state index is 9.88. The highest BCUT2D eigenvalue weighted by atomic mass is 16.4. The average molecular weight is 246 g/mol. The zero-order valence-electron chi connectivity index (χ0n) is 9.97. The first-order valence-corrected chi connectivity index (χ1v) is 4.62. The van der Waals surface area contributed by atoms with E-state index in [0.717, 1.165) is 6.92 Å². The minimum atomic E-state index is -1.38. The fraction of sp³-hybridized carbons (Fsp3) is 0.455. The van der Waals surface area contributed by atoms with Crippen molar-refractivity contribution in [3.8, 4) is 0 Å². The van der Waals surface area contributed by atoms with Crippen LogP contribution in [0.2, 0.25) is 0 Å². The van der Waals surface area contributed by atoms with Crippen LogP contribution in [0.1, 0.15) is 20.3 Å². The van der Waals surface area contributed by atoms with Gasteiger partial charge in [-0.15, -0.1) is 5.73 Å². The number of Topliss-reactive ketones (excluding diaryl/α,β-unsaturated/α-hetero) is 2. The molecular formula is C11H18O6. The summed E-state index contributed by atoms with van der Waals surface area (Å²) in [7, 11) is 0. The van der Waals surface area contributed by atoms with Gasteiger partial charge in [-0.2, -0.15) is 0 Å². The van der Waals surface area contributed by atoms with Crippen molar-refractivity contribution in [3.05, 3.63) is 18.4 Å². The highest BCUT2D eigenvalue weighted by molar-refractivity contribution is 6.31. The number of carbonyl (C=O) groups is 3. The summed E-state index contributed by atoms with van der Waals surface area (Å²) in [5.41, 5.74) is 2.39. The maximum Gasteiger partial charge on any atom is 0.371 e. The molecule has 0 aliphatic rings. The third-order valence-electron chi connectivity index (χ3n) is 1.00. The number of aliphatic carboxylic acids is 1. The second kappa shape index (κ2) is 16.7. The molecule has 6 heteroatoms. The fourth-order valence-corrected chi connectivity index (χ4v) is 0.222. The predicted octanol–water partition coefficient (Wildman–Crippen LogP) is -0.0624. The second-order valence-corrected chi connectivity index (χ2v) is 2.63. The summed E-state index contributed by atoms with van der Waals surface area (Å²) in [4.78, 5) is 28.8. The van der Waals surface area contributed by atoms with Crippen molar-refractivity contribution in [2.24, 2.45) is 0 Å². The Bertz CT molecular complexity index is 264. The molecule has 17 heavy (non-hydrogen) atoms. The molecule has 0 aliphatic carbocycles. The number of rotatable bonds is 4. The molecule has 0 radical (unpaired) electrons. The van der Waals surface area contributed by atoms with Crippen LogP contribution in [0.15, 0.2) is 18.4 Å². The Morgan fingerprint density at radius 2 is 1.65 bits per heavy atom. The van der Waals surface area contributed by atoms with Gasteiger partial charge in [0.2, 0.25) is 5.78 Å². The molecule has 0 amide bonds. The number of carbonyl (C=O) groups excluding carboxylic acids is 2. The lowest BCUT2D eigenvalue weighted by Crippen LogP contribution is -2.05. The van der Waals surface area contributed by atoms with E-state index in [9.17, 15) is 14.4 Å². The van der Waals surface area contributed by atoms with E-state index in [4.69, 9.17) is 15.3 Å². The van der Waals surface area contributed by atoms with Crippen molar-refractivity contribution in [1.82, 2.24) is 0 Å². The van der Waals surface area contributed by atoms with E-state index in [0.29, 0.717) is 6.42 Å². The second-order valence-electron chi connectivity index (χ2n) is 2.63. The summed E-state index contributed by atoms with van der Waals surface area (Å²) in [6.45, 7) is 5.69. The molecule has 6 nitrogen and oxygen atoms in total. The van der Waals surface area contributed by atoms with Crippen LogP contribution in [0.4, 0.5) is 0 Å². The van der Waals surface area contributed by atoms with Crippen LogP contribution in [0.5, 0.6) is 0 Å². The van der Waals surface area contributed by atoms with E-state index in [-0.39, 0.29) is 19.0 Å². The highest BCUT2D eigenvalue weighted by Gasteiger charge is 1.98. The molecule has 0 unspecified atom stereocenters. The third kappa shape index (κ3) is 40.7. The van der Waals surface area contributed by atoms with Crippen molar-refractivity contribution >= 4 is 17.5 Å². The van der Waals surface area contributed by atoms with E-state index in [1.807, 2.05) is 0 Å². The van der Waals surface area contributed by atoms with Crippen LogP contribution in [0, 0.1) is 0 Å². The Balaban J connectivity index is -0.000000174. The molecular weight excluding hydrogens is 228 g/mol. The Morgan fingerprint density at radius 3 is 1.65 bits per heavy atom. The topological polar surface area (TPSA) is 112 Å². The van der Waals surface area contributed by atoms with Crippen LogP contribution < -0.4 is 0 Å². The lowest BCUT2D eigenvalue weighted by Gasteiger charge is -1.80. The molecule has 0 heterocycles. The van der Waals surface area contributed by atoms with Gasteiger partial charge in [0.1, 0.15) is 5.78 Å². The fourth-order valence-electron chi connectivity index (χ4n) is 0.222. The summed E-state index contributed by atoms with van der Waals surface area (Å²) in [6, 6.07) is 0. The molecule has 0 aliphatic heterocycles. The van der Waals surface area contributed by atoms with E-state index >= 15 is 0 Å². The van der Waals surface area contributed by atoms with Crippen LogP contribution in [-0.4, -0.2) is 46.1 Å². The first-order valence-electron chi connectivity index (χ1n) is 4.62. The first-order chi connectivity index (χ1) is 7.83. The molecule has 98 valence electrons. The lowest BCUT2D eigenvalue weighted by atomic mass is 10.3. The summed E-state index contributed by atoms with van der Waals surface area (Å²) < 4.78 is 0. The minimum absolute atomic E-state index is 0.0185. The number of ketones is 2. The van der Waals surface area contributed by atoms with Gasteiger partial charge in [0.15, 0.2) is 0 Å². The van der Waals surface area contributed by atoms with E-state index in [1.54, 1.807) is 0 Å². The molecule has 0 saturated heterocycles. The Labute approximate surface area is 99.9 Å². The lowest BCUT2D eigenvalue weighted by molar-refractivity contribution is -0.148. The van der Waals surface area contributed by atoms with Crippen molar-refractivity contribution in [2.75, 3.05) is 13.2 Å². The summed E-state index contributed by atoms with van der Waals surface area (Å²) in [6.07, 6.45) is 1.74. The quantitative estimate of drug-likeness (QED) is 0.473. The van der Waals surface area contributed by atoms with Gasteiger partial charge in [-0.25, -0.2) is 4.79 Å². The molecule has 0 aromatic rings.